The number of nitrogens with zero attached hydrogens (tertiary/aromatic N) is 3. The van der Waals surface area contributed by atoms with E-state index in [1.807, 2.05) is 24.7 Å². The fourth-order valence-corrected chi connectivity index (χ4v) is 1.83. The van der Waals surface area contributed by atoms with E-state index in [1.165, 1.54) is 0 Å². The number of hydrogen-bond acceptors (Lipinski definition) is 3. The molecule has 0 fully saturated rings. The molecular weight excluding hydrogens is 236 g/mol. The van der Waals surface area contributed by atoms with Gasteiger partial charge < -0.3 is 10.3 Å². The lowest BCUT2D eigenvalue weighted by Gasteiger charge is -2.28. The summed E-state index contributed by atoms with van der Waals surface area (Å²) in [5.74, 6) is 1.10. The van der Waals surface area contributed by atoms with Crippen LogP contribution in [0.4, 0.5) is 5.82 Å². The van der Waals surface area contributed by atoms with Crippen molar-refractivity contribution in [3.8, 4) is 11.3 Å². The molecule has 0 spiro atoms. The summed E-state index contributed by atoms with van der Waals surface area (Å²) >= 11 is 0. The average molecular weight is 258 g/mol. The highest BCUT2D eigenvalue weighted by atomic mass is 15.0. The zero-order valence-electron chi connectivity index (χ0n) is 12.1. The molecule has 2 aromatic heterocycles. The SMILES string of the molecule is CC(Cn1cncc1-c1ccc(N)nc1)C(C)(C)C. The van der Waals surface area contributed by atoms with E-state index >= 15 is 0 Å². The zero-order chi connectivity index (χ0) is 14.0. The Morgan fingerprint density at radius 2 is 2.00 bits per heavy atom. The fraction of sp³-hybridized carbons (Fsp3) is 0.467. The van der Waals surface area contributed by atoms with Crippen LogP contribution in [0.3, 0.4) is 0 Å². The van der Waals surface area contributed by atoms with Gasteiger partial charge in [-0.15, -0.1) is 0 Å². The highest BCUT2D eigenvalue weighted by Gasteiger charge is 2.21. The smallest absolute Gasteiger partial charge is 0.123 e. The molecule has 0 saturated carbocycles. The summed E-state index contributed by atoms with van der Waals surface area (Å²) in [4.78, 5) is 8.40. The number of nitrogens with two attached hydrogens (primary N) is 1. The molecule has 102 valence electrons. The van der Waals surface area contributed by atoms with E-state index in [9.17, 15) is 0 Å². The maximum Gasteiger partial charge on any atom is 0.123 e. The van der Waals surface area contributed by atoms with Gasteiger partial charge in [-0.3, -0.25) is 0 Å². The average Bonchev–Trinajstić information content (AvgIpc) is 2.77. The number of nitrogen functional groups attached to an aromatic ring is 1. The summed E-state index contributed by atoms with van der Waals surface area (Å²) in [6, 6.07) is 3.80. The second kappa shape index (κ2) is 5.03. The monoisotopic (exact) mass is 258 g/mol. The number of hydrogen-bond donors (Lipinski definition) is 1. The first kappa shape index (κ1) is 13.6. The topological polar surface area (TPSA) is 56.7 Å². The van der Waals surface area contributed by atoms with E-state index in [0.29, 0.717) is 11.7 Å². The predicted octanol–water partition coefficient (Wildman–Crippen LogP) is 3.21. The maximum absolute atomic E-state index is 5.62. The third-order valence-corrected chi connectivity index (χ3v) is 3.74. The van der Waals surface area contributed by atoms with Crippen LogP contribution in [-0.4, -0.2) is 14.5 Å². The molecule has 0 aromatic carbocycles. The molecule has 0 aliphatic rings. The van der Waals surface area contributed by atoms with Crippen molar-refractivity contribution in [3.05, 3.63) is 30.9 Å². The van der Waals surface area contributed by atoms with E-state index in [0.717, 1.165) is 17.8 Å². The van der Waals surface area contributed by atoms with E-state index in [4.69, 9.17) is 5.73 Å². The van der Waals surface area contributed by atoms with Gasteiger partial charge in [-0.05, 0) is 23.5 Å². The minimum Gasteiger partial charge on any atom is -0.384 e. The van der Waals surface area contributed by atoms with Crippen molar-refractivity contribution < 1.29 is 0 Å². The third kappa shape index (κ3) is 3.13. The number of pyridine rings is 1. The van der Waals surface area contributed by atoms with Crippen LogP contribution in [0.1, 0.15) is 27.7 Å². The standard InChI is InChI=1S/C15H22N4/c1-11(15(2,3)4)9-19-10-17-8-13(19)12-5-6-14(16)18-7-12/h5-8,10-11H,9H2,1-4H3,(H2,16,18). The summed E-state index contributed by atoms with van der Waals surface area (Å²) in [5.41, 5.74) is 8.04. The van der Waals surface area contributed by atoms with Crippen LogP contribution in [0.5, 0.6) is 0 Å². The van der Waals surface area contributed by atoms with Gasteiger partial charge in [-0.1, -0.05) is 27.7 Å². The van der Waals surface area contributed by atoms with E-state index in [1.54, 1.807) is 6.20 Å². The molecule has 2 rings (SSSR count). The minimum absolute atomic E-state index is 0.279. The summed E-state index contributed by atoms with van der Waals surface area (Å²) in [5, 5.41) is 0. The number of rotatable bonds is 3. The summed E-state index contributed by atoms with van der Waals surface area (Å²) < 4.78 is 2.18. The molecule has 0 amide bonds. The molecule has 1 atom stereocenters. The van der Waals surface area contributed by atoms with Gasteiger partial charge in [0.2, 0.25) is 0 Å². The lowest BCUT2D eigenvalue weighted by Crippen LogP contribution is -2.22. The maximum atomic E-state index is 5.62. The van der Waals surface area contributed by atoms with Crippen molar-refractivity contribution in [2.45, 2.75) is 34.2 Å². The molecule has 4 nitrogen and oxygen atoms in total. The highest BCUT2D eigenvalue weighted by molar-refractivity contribution is 5.59. The second-order valence-corrected chi connectivity index (χ2v) is 6.17. The minimum atomic E-state index is 0.279. The van der Waals surface area contributed by atoms with E-state index < -0.39 is 0 Å². The second-order valence-electron chi connectivity index (χ2n) is 6.17. The molecule has 19 heavy (non-hydrogen) atoms. The van der Waals surface area contributed by atoms with Gasteiger partial charge in [0.1, 0.15) is 5.82 Å². The van der Waals surface area contributed by atoms with Crippen LogP contribution in [0.25, 0.3) is 11.3 Å². The Hall–Kier alpha value is -1.84. The van der Waals surface area contributed by atoms with E-state index in [-0.39, 0.29) is 5.41 Å². The van der Waals surface area contributed by atoms with Gasteiger partial charge in [-0.2, -0.15) is 0 Å². The molecule has 0 radical (unpaired) electrons. The fourth-order valence-electron chi connectivity index (χ4n) is 1.83. The molecule has 0 aliphatic carbocycles. The van der Waals surface area contributed by atoms with Crippen LogP contribution in [0, 0.1) is 11.3 Å². The molecule has 0 bridgehead atoms. The normalized spacial score (nSPS) is 13.5. The quantitative estimate of drug-likeness (QED) is 0.919. The Kier molecular flexibility index (Phi) is 3.60. The largest absolute Gasteiger partial charge is 0.384 e. The molecule has 0 saturated heterocycles. The Morgan fingerprint density at radius 3 is 2.58 bits per heavy atom. The van der Waals surface area contributed by atoms with Gasteiger partial charge >= 0.3 is 0 Å². The number of anilines is 1. The first-order chi connectivity index (χ1) is 8.88. The van der Waals surface area contributed by atoms with Gasteiger partial charge in [0.05, 0.1) is 18.2 Å². The zero-order valence-corrected chi connectivity index (χ0v) is 12.1. The van der Waals surface area contributed by atoms with Crippen molar-refractivity contribution in [2.75, 3.05) is 5.73 Å². The Balaban J connectivity index is 2.25. The van der Waals surface area contributed by atoms with Crippen LogP contribution < -0.4 is 5.73 Å². The van der Waals surface area contributed by atoms with Crippen LogP contribution in [0.15, 0.2) is 30.9 Å². The van der Waals surface area contributed by atoms with Crippen LogP contribution in [-0.2, 0) is 6.54 Å². The van der Waals surface area contributed by atoms with Crippen molar-refractivity contribution in [2.24, 2.45) is 11.3 Å². The van der Waals surface area contributed by atoms with Gasteiger partial charge in [0.15, 0.2) is 0 Å². The first-order valence-electron chi connectivity index (χ1n) is 6.60. The number of aromatic nitrogens is 3. The van der Waals surface area contributed by atoms with Crippen LogP contribution in [0.2, 0.25) is 0 Å². The van der Waals surface area contributed by atoms with Gasteiger partial charge in [0.25, 0.3) is 0 Å². The van der Waals surface area contributed by atoms with Crippen molar-refractivity contribution in [1.29, 1.82) is 0 Å². The molecule has 4 heteroatoms. The molecule has 2 aromatic rings. The molecule has 2 N–H and O–H groups in total. The van der Waals surface area contributed by atoms with Crippen molar-refractivity contribution in [1.82, 2.24) is 14.5 Å². The molecule has 1 unspecified atom stereocenters. The lowest BCUT2D eigenvalue weighted by molar-refractivity contribution is 0.233. The summed E-state index contributed by atoms with van der Waals surface area (Å²) in [6.45, 7) is 10.0. The first-order valence-corrected chi connectivity index (χ1v) is 6.60. The molecule has 2 heterocycles. The Bertz CT molecular complexity index is 534. The summed E-state index contributed by atoms with van der Waals surface area (Å²) in [7, 11) is 0. The number of imidazole rings is 1. The van der Waals surface area contributed by atoms with E-state index in [2.05, 4.69) is 42.2 Å². The third-order valence-electron chi connectivity index (χ3n) is 3.74. The molecular formula is C15H22N4. The van der Waals surface area contributed by atoms with Gasteiger partial charge in [0, 0.05) is 18.3 Å². The Morgan fingerprint density at radius 1 is 1.26 bits per heavy atom. The molecule has 0 aliphatic heterocycles. The van der Waals surface area contributed by atoms with Crippen molar-refractivity contribution in [3.63, 3.8) is 0 Å². The predicted molar refractivity (Wildman–Crippen MR) is 78.5 cm³/mol. The summed E-state index contributed by atoms with van der Waals surface area (Å²) in [6.07, 6.45) is 5.56. The van der Waals surface area contributed by atoms with Crippen LogP contribution >= 0.6 is 0 Å². The van der Waals surface area contributed by atoms with Crippen molar-refractivity contribution >= 4 is 5.82 Å². The van der Waals surface area contributed by atoms with Gasteiger partial charge in [-0.25, -0.2) is 9.97 Å². The highest BCUT2D eigenvalue weighted by Crippen LogP contribution is 2.28. The lowest BCUT2D eigenvalue weighted by atomic mass is 9.82. The Labute approximate surface area is 114 Å².